The summed E-state index contributed by atoms with van der Waals surface area (Å²) >= 11 is 3.33. The van der Waals surface area contributed by atoms with Crippen LogP contribution in [0, 0.1) is 5.41 Å². The summed E-state index contributed by atoms with van der Waals surface area (Å²) in [5.41, 5.74) is 1.62. The van der Waals surface area contributed by atoms with E-state index in [2.05, 4.69) is 36.7 Å². The molecule has 0 atom stereocenters. The SMILES string of the molecule is COC(=O)c1cc(COCC(C)(C)C)ccc1Br. The summed E-state index contributed by atoms with van der Waals surface area (Å²) in [7, 11) is 1.37. The van der Waals surface area contributed by atoms with E-state index in [1.807, 2.05) is 12.1 Å². The van der Waals surface area contributed by atoms with Gasteiger partial charge in [-0.25, -0.2) is 4.79 Å². The zero-order valence-electron chi connectivity index (χ0n) is 11.2. The topological polar surface area (TPSA) is 35.5 Å². The van der Waals surface area contributed by atoms with Crippen molar-refractivity contribution >= 4 is 21.9 Å². The molecule has 4 heteroatoms. The van der Waals surface area contributed by atoms with E-state index < -0.39 is 0 Å². The zero-order valence-corrected chi connectivity index (χ0v) is 12.8. The van der Waals surface area contributed by atoms with Gasteiger partial charge in [-0.05, 0) is 39.0 Å². The number of hydrogen-bond acceptors (Lipinski definition) is 3. The van der Waals surface area contributed by atoms with Gasteiger partial charge in [0.15, 0.2) is 0 Å². The first-order valence-electron chi connectivity index (χ1n) is 5.78. The second-order valence-corrected chi connectivity index (χ2v) is 6.21. The molecule has 1 aromatic carbocycles. The van der Waals surface area contributed by atoms with Crippen LogP contribution in [0.2, 0.25) is 0 Å². The number of esters is 1. The Kier molecular flexibility index (Phi) is 5.35. The molecule has 0 saturated heterocycles. The van der Waals surface area contributed by atoms with Crippen LogP contribution in [-0.2, 0) is 16.1 Å². The number of rotatable bonds is 4. The molecule has 0 heterocycles. The van der Waals surface area contributed by atoms with Gasteiger partial charge in [0.25, 0.3) is 0 Å². The maximum atomic E-state index is 11.5. The zero-order chi connectivity index (χ0) is 13.8. The van der Waals surface area contributed by atoms with Gasteiger partial charge in [0.05, 0.1) is 25.9 Å². The Balaban J connectivity index is 2.71. The fraction of sp³-hybridized carbons (Fsp3) is 0.500. The van der Waals surface area contributed by atoms with E-state index in [0.29, 0.717) is 18.8 Å². The Morgan fingerprint density at radius 3 is 2.56 bits per heavy atom. The van der Waals surface area contributed by atoms with Crippen molar-refractivity contribution in [3.8, 4) is 0 Å². The molecule has 100 valence electrons. The number of methoxy groups -OCH3 is 1. The summed E-state index contributed by atoms with van der Waals surface area (Å²) in [6.07, 6.45) is 0. The van der Waals surface area contributed by atoms with Crippen LogP contribution >= 0.6 is 15.9 Å². The lowest BCUT2D eigenvalue weighted by Crippen LogP contribution is -2.14. The Hall–Kier alpha value is -0.870. The molecule has 0 saturated carbocycles. The molecule has 0 unspecified atom stereocenters. The third kappa shape index (κ3) is 4.78. The lowest BCUT2D eigenvalue weighted by atomic mass is 9.99. The fourth-order valence-corrected chi connectivity index (χ4v) is 1.81. The minimum atomic E-state index is -0.348. The Morgan fingerprint density at radius 1 is 1.33 bits per heavy atom. The summed E-state index contributed by atoms with van der Waals surface area (Å²) in [5, 5.41) is 0. The molecule has 1 aromatic rings. The van der Waals surface area contributed by atoms with Crippen LogP contribution in [0.4, 0.5) is 0 Å². The highest BCUT2D eigenvalue weighted by molar-refractivity contribution is 9.10. The van der Waals surface area contributed by atoms with Gasteiger partial charge in [0, 0.05) is 4.47 Å². The van der Waals surface area contributed by atoms with E-state index in [-0.39, 0.29) is 11.4 Å². The van der Waals surface area contributed by atoms with Gasteiger partial charge in [0.1, 0.15) is 0 Å². The van der Waals surface area contributed by atoms with Gasteiger partial charge < -0.3 is 9.47 Å². The number of hydrogen-bond donors (Lipinski definition) is 0. The van der Waals surface area contributed by atoms with Crippen molar-refractivity contribution in [3.63, 3.8) is 0 Å². The molecule has 0 N–H and O–H groups in total. The normalized spacial score (nSPS) is 11.4. The molecule has 1 rings (SSSR count). The summed E-state index contributed by atoms with van der Waals surface area (Å²) in [6, 6.07) is 5.56. The van der Waals surface area contributed by atoms with Crippen molar-refractivity contribution < 1.29 is 14.3 Å². The number of ether oxygens (including phenoxy) is 2. The van der Waals surface area contributed by atoms with E-state index in [1.165, 1.54) is 7.11 Å². The molecule has 0 aliphatic rings. The molecule has 0 radical (unpaired) electrons. The van der Waals surface area contributed by atoms with Gasteiger partial charge in [-0.15, -0.1) is 0 Å². The van der Waals surface area contributed by atoms with Crippen LogP contribution in [0.25, 0.3) is 0 Å². The van der Waals surface area contributed by atoms with E-state index in [0.717, 1.165) is 10.0 Å². The first-order valence-corrected chi connectivity index (χ1v) is 6.57. The molecule has 18 heavy (non-hydrogen) atoms. The lowest BCUT2D eigenvalue weighted by molar-refractivity contribution is 0.0581. The molecular formula is C14H19BrO3. The number of halogens is 1. The van der Waals surface area contributed by atoms with Gasteiger partial charge in [-0.3, -0.25) is 0 Å². The maximum absolute atomic E-state index is 11.5. The molecule has 0 spiro atoms. The van der Waals surface area contributed by atoms with Crippen molar-refractivity contribution in [2.75, 3.05) is 13.7 Å². The predicted octanol–water partition coefficient (Wildman–Crippen LogP) is 3.80. The van der Waals surface area contributed by atoms with Crippen molar-refractivity contribution in [1.82, 2.24) is 0 Å². The van der Waals surface area contributed by atoms with Crippen LogP contribution in [0.3, 0.4) is 0 Å². The Morgan fingerprint density at radius 2 is 2.00 bits per heavy atom. The highest BCUT2D eigenvalue weighted by Crippen LogP contribution is 2.20. The minimum Gasteiger partial charge on any atom is -0.465 e. The second kappa shape index (κ2) is 6.34. The third-order valence-electron chi connectivity index (χ3n) is 2.24. The molecular weight excluding hydrogens is 296 g/mol. The van der Waals surface area contributed by atoms with Gasteiger partial charge in [0.2, 0.25) is 0 Å². The first-order chi connectivity index (χ1) is 8.33. The number of carbonyl (C=O) groups excluding carboxylic acids is 1. The molecule has 0 aliphatic heterocycles. The highest BCUT2D eigenvalue weighted by Gasteiger charge is 2.13. The van der Waals surface area contributed by atoms with Crippen LogP contribution in [0.1, 0.15) is 36.7 Å². The Bertz CT molecular complexity index is 422. The molecule has 0 aliphatic carbocycles. The van der Waals surface area contributed by atoms with Gasteiger partial charge in [-0.2, -0.15) is 0 Å². The number of benzene rings is 1. The second-order valence-electron chi connectivity index (χ2n) is 5.36. The monoisotopic (exact) mass is 314 g/mol. The summed E-state index contributed by atoms with van der Waals surface area (Å²) < 4.78 is 11.1. The maximum Gasteiger partial charge on any atom is 0.339 e. The molecule has 3 nitrogen and oxygen atoms in total. The van der Waals surface area contributed by atoms with E-state index in [1.54, 1.807) is 6.07 Å². The van der Waals surface area contributed by atoms with E-state index >= 15 is 0 Å². The molecule has 0 aromatic heterocycles. The van der Waals surface area contributed by atoms with Gasteiger partial charge >= 0.3 is 5.97 Å². The lowest BCUT2D eigenvalue weighted by Gasteiger charge is -2.18. The standard InChI is InChI=1S/C14H19BrO3/c1-14(2,3)9-18-8-10-5-6-12(15)11(7-10)13(16)17-4/h5-7H,8-9H2,1-4H3. The summed E-state index contributed by atoms with van der Waals surface area (Å²) in [4.78, 5) is 11.5. The molecule has 0 bridgehead atoms. The smallest absolute Gasteiger partial charge is 0.339 e. The average Bonchev–Trinajstić information content (AvgIpc) is 2.28. The summed E-state index contributed by atoms with van der Waals surface area (Å²) in [5.74, 6) is -0.348. The van der Waals surface area contributed by atoms with E-state index in [9.17, 15) is 4.79 Å². The fourth-order valence-electron chi connectivity index (χ4n) is 1.40. The quantitative estimate of drug-likeness (QED) is 0.793. The van der Waals surface area contributed by atoms with Gasteiger partial charge in [-0.1, -0.05) is 26.8 Å². The van der Waals surface area contributed by atoms with E-state index in [4.69, 9.17) is 9.47 Å². The van der Waals surface area contributed by atoms with Crippen LogP contribution in [0.15, 0.2) is 22.7 Å². The summed E-state index contributed by atoms with van der Waals surface area (Å²) in [6.45, 7) is 7.53. The minimum absolute atomic E-state index is 0.139. The molecule has 0 amide bonds. The first kappa shape index (κ1) is 15.2. The van der Waals surface area contributed by atoms with Crippen molar-refractivity contribution in [2.45, 2.75) is 27.4 Å². The third-order valence-corrected chi connectivity index (χ3v) is 2.93. The number of carbonyl (C=O) groups is 1. The molecule has 0 fully saturated rings. The van der Waals surface area contributed by atoms with Crippen LogP contribution < -0.4 is 0 Å². The average molecular weight is 315 g/mol. The largest absolute Gasteiger partial charge is 0.465 e. The van der Waals surface area contributed by atoms with Crippen LogP contribution in [0.5, 0.6) is 0 Å². The van der Waals surface area contributed by atoms with Crippen molar-refractivity contribution in [1.29, 1.82) is 0 Å². The predicted molar refractivity (Wildman–Crippen MR) is 74.6 cm³/mol. The Labute approximate surface area is 117 Å². The van der Waals surface area contributed by atoms with Crippen molar-refractivity contribution in [2.24, 2.45) is 5.41 Å². The van der Waals surface area contributed by atoms with Crippen LogP contribution in [-0.4, -0.2) is 19.7 Å². The highest BCUT2D eigenvalue weighted by atomic mass is 79.9. The van der Waals surface area contributed by atoms with Crippen molar-refractivity contribution in [3.05, 3.63) is 33.8 Å².